The Morgan fingerprint density at radius 1 is 1.19 bits per heavy atom. The number of ether oxygens (including phenoxy) is 1. The fraction of sp³-hybridized carbons (Fsp3) is 0.536. The molecule has 0 bridgehead atoms. The van der Waals surface area contributed by atoms with Crippen molar-refractivity contribution in [3.8, 4) is 12.1 Å². The fourth-order valence-electron chi connectivity index (χ4n) is 5.94. The molecule has 11 nitrogen and oxygen atoms in total. The first-order valence-corrected chi connectivity index (χ1v) is 14.0. The van der Waals surface area contributed by atoms with E-state index < -0.39 is 29.5 Å². The highest BCUT2D eigenvalue weighted by molar-refractivity contribution is 5.91. The molecule has 43 heavy (non-hydrogen) atoms. The molecule has 2 aromatic heterocycles. The number of nitrogen functional groups attached to an aromatic ring is 1. The summed E-state index contributed by atoms with van der Waals surface area (Å²) in [5.41, 5.74) is 5.98. The van der Waals surface area contributed by atoms with Crippen molar-refractivity contribution in [2.45, 2.75) is 57.2 Å². The van der Waals surface area contributed by atoms with Gasteiger partial charge in [-0.3, -0.25) is 9.69 Å². The largest absolute Gasteiger partial charge is 0.462 e. The molecule has 0 aromatic carbocycles. The molecule has 15 heteroatoms. The van der Waals surface area contributed by atoms with Gasteiger partial charge in [0.1, 0.15) is 18.2 Å². The zero-order valence-electron chi connectivity index (χ0n) is 23.8. The minimum Gasteiger partial charge on any atom is -0.462 e. The Hall–Kier alpha value is -4.03. The van der Waals surface area contributed by atoms with E-state index in [2.05, 4.69) is 27.5 Å². The highest BCUT2D eigenvalue weighted by atomic mass is 19.4. The molecule has 2 N–H and O–H groups in total. The molecular formula is C28H33F4N9O2. The molecule has 0 unspecified atom stereocenters. The smallest absolute Gasteiger partial charge is 0.418 e. The number of piperazine rings is 1. The summed E-state index contributed by atoms with van der Waals surface area (Å²) < 4.78 is 61.0. The van der Waals surface area contributed by atoms with Crippen molar-refractivity contribution in [2.75, 3.05) is 50.5 Å². The molecule has 5 heterocycles. The third kappa shape index (κ3) is 6.65. The first-order valence-electron chi connectivity index (χ1n) is 14.0. The van der Waals surface area contributed by atoms with Crippen molar-refractivity contribution < 1.29 is 27.1 Å². The first-order chi connectivity index (χ1) is 20.4. The van der Waals surface area contributed by atoms with E-state index in [4.69, 9.17) is 15.5 Å². The Kier molecular flexibility index (Phi) is 8.70. The predicted octanol–water partition coefficient (Wildman–Crippen LogP) is 2.88. The van der Waals surface area contributed by atoms with Gasteiger partial charge in [-0.05, 0) is 38.6 Å². The number of fused-ring (bicyclic) bond motifs is 1. The van der Waals surface area contributed by atoms with E-state index in [-0.39, 0.29) is 69.3 Å². The maximum atomic E-state index is 13.7. The number of alkyl halides is 3. The lowest BCUT2D eigenvalue weighted by molar-refractivity contribution is -0.138. The summed E-state index contributed by atoms with van der Waals surface area (Å²) in [5.74, 6) is -1.47. The molecular weight excluding hydrogens is 570 g/mol. The summed E-state index contributed by atoms with van der Waals surface area (Å²) in [4.78, 5) is 32.9. The van der Waals surface area contributed by atoms with E-state index in [0.717, 1.165) is 31.5 Å². The number of hydrogen-bond donors (Lipinski definition) is 1. The number of aromatic nitrogens is 3. The summed E-state index contributed by atoms with van der Waals surface area (Å²) >= 11 is 0. The van der Waals surface area contributed by atoms with E-state index >= 15 is 0 Å². The van der Waals surface area contributed by atoms with Crippen LogP contribution in [0.1, 0.15) is 41.8 Å². The molecule has 0 radical (unpaired) electrons. The second-order valence-corrected chi connectivity index (χ2v) is 11.1. The third-order valence-electron chi connectivity index (χ3n) is 8.16. The SMILES string of the molecule is C=C(F)C(=O)N1CCN(c2nc(OC[C@@H]3CCCN3C)nc3c2CN(Cc2nc(N)ccc2C(F)(F)F)C3)C[C@@H]1CC#N. The normalized spacial score (nSPS) is 21.1. The number of likely N-dealkylation sites (tertiary alicyclic amines) is 1. The second kappa shape index (κ2) is 12.3. The molecule has 3 aliphatic heterocycles. The lowest BCUT2D eigenvalue weighted by Gasteiger charge is -2.41. The molecule has 2 aromatic rings. The van der Waals surface area contributed by atoms with E-state index in [1.54, 1.807) is 4.90 Å². The summed E-state index contributed by atoms with van der Waals surface area (Å²) in [5, 5.41) is 9.41. The van der Waals surface area contributed by atoms with Crippen LogP contribution in [0.5, 0.6) is 6.01 Å². The lowest BCUT2D eigenvalue weighted by atomic mass is 10.1. The number of halogens is 4. The first kappa shape index (κ1) is 30.4. The fourth-order valence-corrected chi connectivity index (χ4v) is 5.94. The molecule has 230 valence electrons. The van der Waals surface area contributed by atoms with Crippen LogP contribution in [0.4, 0.5) is 29.2 Å². The Morgan fingerprint density at radius 2 is 1.98 bits per heavy atom. The van der Waals surface area contributed by atoms with Crippen LogP contribution < -0.4 is 15.4 Å². The molecule has 0 saturated carbocycles. The molecule has 3 aliphatic rings. The zero-order chi connectivity index (χ0) is 30.9. The number of pyridine rings is 1. The monoisotopic (exact) mass is 603 g/mol. The Bertz CT molecular complexity index is 1430. The third-order valence-corrected chi connectivity index (χ3v) is 8.16. The van der Waals surface area contributed by atoms with Crippen LogP contribution in [-0.2, 0) is 30.6 Å². The minimum absolute atomic E-state index is 0.0142. The number of amides is 1. The molecule has 2 atom stereocenters. The predicted molar refractivity (Wildman–Crippen MR) is 148 cm³/mol. The molecule has 2 saturated heterocycles. The van der Waals surface area contributed by atoms with Gasteiger partial charge in [-0.1, -0.05) is 6.58 Å². The van der Waals surface area contributed by atoms with Gasteiger partial charge in [-0.2, -0.15) is 28.4 Å². The van der Waals surface area contributed by atoms with Crippen molar-refractivity contribution in [3.63, 3.8) is 0 Å². The number of rotatable bonds is 8. The summed E-state index contributed by atoms with van der Waals surface area (Å²) in [6.07, 6.45) is -2.60. The maximum absolute atomic E-state index is 13.7. The quantitative estimate of drug-likeness (QED) is 0.355. The van der Waals surface area contributed by atoms with Crippen molar-refractivity contribution in [2.24, 2.45) is 0 Å². The number of hydrogen-bond acceptors (Lipinski definition) is 10. The molecule has 1 amide bonds. The molecule has 2 fully saturated rings. The highest BCUT2D eigenvalue weighted by Crippen LogP contribution is 2.36. The van der Waals surface area contributed by atoms with Gasteiger partial charge in [-0.25, -0.2) is 9.37 Å². The summed E-state index contributed by atoms with van der Waals surface area (Å²) in [6.45, 7) is 5.37. The minimum atomic E-state index is -4.60. The average molecular weight is 604 g/mol. The molecule has 0 spiro atoms. The second-order valence-electron chi connectivity index (χ2n) is 11.1. The van der Waals surface area contributed by atoms with Crippen molar-refractivity contribution >= 4 is 17.5 Å². The number of anilines is 2. The standard InChI is InChI=1S/C28H33F4N9O2/c1-17(29)26(42)41-11-10-40(12-18(41)7-8-33)25-20-13-39(15-23-21(28(30,31)32)5-6-24(34)35-23)14-22(20)36-27(37-25)43-16-19-4-3-9-38(19)2/h5-6,18-19H,1,3-4,7,9-16H2,2H3,(H2,34,35)/t18-,19-/m0/s1. The van der Waals surface area contributed by atoms with Crippen molar-refractivity contribution in [1.82, 2.24) is 29.7 Å². The Balaban J connectivity index is 1.44. The van der Waals surface area contributed by atoms with Crippen molar-refractivity contribution in [1.29, 1.82) is 5.26 Å². The maximum Gasteiger partial charge on any atom is 0.418 e. The number of nitrogens with two attached hydrogens (primary N) is 1. The van der Waals surface area contributed by atoms with Crippen LogP contribution in [0.3, 0.4) is 0 Å². The number of nitrogens with zero attached hydrogens (tertiary/aromatic N) is 8. The number of likely N-dealkylation sites (N-methyl/N-ethyl adjacent to an activating group) is 1. The van der Waals surface area contributed by atoms with Gasteiger partial charge in [0, 0.05) is 50.9 Å². The Morgan fingerprint density at radius 3 is 2.65 bits per heavy atom. The van der Waals surface area contributed by atoms with Crippen LogP contribution in [-0.4, -0.2) is 87.5 Å². The van der Waals surface area contributed by atoms with Gasteiger partial charge < -0.3 is 25.2 Å². The van der Waals surface area contributed by atoms with Gasteiger partial charge in [0.05, 0.1) is 35.5 Å². The van der Waals surface area contributed by atoms with E-state index in [1.165, 1.54) is 4.90 Å². The van der Waals surface area contributed by atoms with E-state index in [9.17, 15) is 27.6 Å². The van der Waals surface area contributed by atoms with Gasteiger partial charge in [-0.15, -0.1) is 0 Å². The van der Waals surface area contributed by atoms with Gasteiger partial charge >= 0.3 is 12.2 Å². The van der Waals surface area contributed by atoms with Gasteiger partial charge in [0.25, 0.3) is 5.91 Å². The van der Waals surface area contributed by atoms with Gasteiger partial charge in [0.2, 0.25) is 0 Å². The lowest BCUT2D eigenvalue weighted by Crippen LogP contribution is -2.55. The summed E-state index contributed by atoms with van der Waals surface area (Å²) in [6, 6.07) is 3.84. The number of carbonyl (C=O) groups is 1. The van der Waals surface area contributed by atoms with Crippen LogP contribution >= 0.6 is 0 Å². The van der Waals surface area contributed by atoms with Crippen molar-refractivity contribution in [3.05, 3.63) is 47.1 Å². The highest BCUT2D eigenvalue weighted by Gasteiger charge is 2.38. The average Bonchev–Trinajstić information content (AvgIpc) is 3.55. The number of nitriles is 1. The Labute approximate surface area is 246 Å². The van der Waals surface area contributed by atoms with E-state index in [1.807, 2.05) is 11.9 Å². The van der Waals surface area contributed by atoms with Crippen LogP contribution in [0.25, 0.3) is 0 Å². The van der Waals surface area contributed by atoms with Crippen LogP contribution in [0.2, 0.25) is 0 Å². The van der Waals surface area contributed by atoms with Crippen LogP contribution in [0.15, 0.2) is 24.5 Å². The summed E-state index contributed by atoms with van der Waals surface area (Å²) in [7, 11) is 2.02. The molecule has 5 rings (SSSR count). The zero-order valence-corrected chi connectivity index (χ0v) is 23.8. The van der Waals surface area contributed by atoms with Gasteiger partial charge in [0.15, 0.2) is 5.83 Å². The van der Waals surface area contributed by atoms with Crippen LogP contribution in [0, 0.1) is 11.3 Å². The number of carbonyl (C=O) groups excluding carboxylic acids is 1. The molecule has 0 aliphatic carbocycles. The topological polar surface area (TPSA) is 128 Å². The van der Waals surface area contributed by atoms with E-state index in [0.29, 0.717) is 23.7 Å².